The molecule has 3 aromatic carbocycles. The van der Waals surface area contributed by atoms with Crippen molar-refractivity contribution >= 4 is 46.6 Å². The van der Waals surface area contributed by atoms with E-state index in [2.05, 4.69) is 52.4 Å². The molecule has 2 heterocycles. The third-order valence-electron chi connectivity index (χ3n) is 7.52. The Morgan fingerprint density at radius 2 is 1.77 bits per heavy atom. The summed E-state index contributed by atoms with van der Waals surface area (Å²) in [5.41, 5.74) is 4.32. The molecule has 0 aromatic heterocycles. The summed E-state index contributed by atoms with van der Waals surface area (Å²) in [6.07, 6.45) is 0. The van der Waals surface area contributed by atoms with Crippen molar-refractivity contribution in [2.45, 2.75) is 30.5 Å². The second-order valence-corrected chi connectivity index (χ2v) is 11.9. The molecule has 0 radical (unpaired) electrons. The Balaban J connectivity index is 1.15. The van der Waals surface area contributed by atoms with Gasteiger partial charge in [-0.15, -0.1) is 11.8 Å². The van der Waals surface area contributed by atoms with E-state index >= 15 is 0 Å². The first-order valence-electron chi connectivity index (χ1n) is 13.5. The standard InChI is InChI=1S/C31H35ClN4O2S/c1-22-10-12-24(13-11-22)21-36-27-8-3-4-9-28(27)39-29(31(36)38)23(2)30(37)33-14-15-34-16-18-35(19-17-34)26-7-5-6-25(32)20-26/h3-13,20,23,29H,14-19,21H2,1-2H3,(H,33,37)/t23-,29+/m0/s1. The van der Waals surface area contributed by atoms with Gasteiger partial charge in [-0.3, -0.25) is 14.5 Å². The lowest BCUT2D eigenvalue weighted by molar-refractivity contribution is -0.128. The normalized spacial score (nSPS) is 18.5. The molecule has 0 unspecified atom stereocenters. The van der Waals surface area contributed by atoms with Crippen molar-refractivity contribution in [1.29, 1.82) is 0 Å². The molecular formula is C31H35ClN4O2S. The first-order valence-corrected chi connectivity index (χ1v) is 14.8. The van der Waals surface area contributed by atoms with E-state index in [1.807, 2.05) is 54.3 Å². The molecule has 39 heavy (non-hydrogen) atoms. The maximum Gasteiger partial charge on any atom is 0.241 e. The van der Waals surface area contributed by atoms with Gasteiger partial charge in [-0.05, 0) is 42.8 Å². The summed E-state index contributed by atoms with van der Waals surface area (Å²) in [6, 6.07) is 24.2. The van der Waals surface area contributed by atoms with Crippen LogP contribution in [-0.4, -0.2) is 61.2 Å². The minimum absolute atomic E-state index is 0.0148. The molecule has 1 fully saturated rings. The zero-order valence-electron chi connectivity index (χ0n) is 22.5. The Labute approximate surface area is 240 Å². The van der Waals surface area contributed by atoms with E-state index in [9.17, 15) is 9.59 Å². The van der Waals surface area contributed by atoms with Crippen LogP contribution in [0.25, 0.3) is 0 Å². The van der Waals surface area contributed by atoms with Crippen molar-refractivity contribution in [3.8, 4) is 0 Å². The zero-order valence-corrected chi connectivity index (χ0v) is 24.0. The number of fused-ring (bicyclic) bond motifs is 1. The van der Waals surface area contributed by atoms with Crippen LogP contribution in [0.2, 0.25) is 5.02 Å². The number of nitrogens with one attached hydrogen (secondary N) is 1. The Kier molecular flexibility index (Phi) is 8.80. The number of carbonyl (C=O) groups excluding carboxylic acids is 2. The third kappa shape index (κ3) is 6.60. The van der Waals surface area contributed by atoms with Gasteiger partial charge in [-0.2, -0.15) is 0 Å². The lowest BCUT2D eigenvalue weighted by atomic mass is 10.0. The molecule has 0 bridgehead atoms. The maximum atomic E-state index is 13.7. The van der Waals surface area contributed by atoms with Gasteiger partial charge >= 0.3 is 0 Å². The molecule has 204 valence electrons. The molecule has 6 nitrogen and oxygen atoms in total. The fraction of sp³-hybridized carbons (Fsp3) is 0.355. The molecule has 1 N–H and O–H groups in total. The molecule has 2 aliphatic heterocycles. The minimum Gasteiger partial charge on any atom is -0.369 e. The largest absolute Gasteiger partial charge is 0.369 e. The van der Waals surface area contributed by atoms with Crippen molar-refractivity contribution in [2.24, 2.45) is 5.92 Å². The number of thioether (sulfide) groups is 1. The highest BCUT2D eigenvalue weighted by atomic mass is 35.5. The van der Waals surface area contributed by atoms with Gasteiger partial charge in [-0.1, -0.05) is 66.6 Å². The second kappa shape index (κ2) is 12.5. The van der Waals surface area contributed by atoms with Gasteiger partial charge in [0, 0.05) is 54.9 Å². The number of carbonyl (C=O) groups is 2. The van der Waals surface area contributed by atoms with Crippen LogP contribution in [0.3, 0.4) is 0 Å². The number of halogens is 1. The molecule has 2 amide bonds. The fourth-order valence-electron chi connectivity index (χ4n) is 5.13. The summed E-state index contributed by atoms with van der Waals surface area (Å²) in [5.74, 6) is -0.539. The molecule has 1 saturated heterocycles. The number of rotatable bonds is 8. The van der Waals surface area contributed by atoms with E-state index in [0.717, 1.165) is 59.6 Å². The molecule has 2 atom stereocenters. The zero-order chi connectivity index (χ0) is 27.4. The van der Waals surface area contributed by atoms with Gasteiger partial charge in [0.1, 0.15) is 5.25 Å². The van der Waals surface area contributed by atoms with Gasteiger partial charge in [-0.25, -0.2) is 0 Å². The summed E-state index contributed by atoms with van der Waals surface area (Å²) in [4.78, 5) is 34.5. The van der Waals surface area contributed by atoms with E-state index in [4.69, 9.17) is 11.6 Å². The molecule has 2 aliphatic rings. The first-order chi connectivity index (χ1) is 18.9. The van der Waals surface area contributed by atoms with Crippen LogP contribution in [0.4, 0.5) is 11.4 Å². The van der Waals surface area contributed by atoms with E-state index in [1.54, 1.807) is 0 Å². The smallest absolute Gasteiger partial charge is 0.241 e. The number of nitrogens with zero attached hydrogens (tertiary/aromatic N) is 3. The van der Waals surface area contributed by atoms with E-state index in [1.165, 1.54) is 17.3 Å². The molecule has 8 heteroatoms. The summed E-state index contributed by atoms with van der Waals surface area (Å²) in [7, 11) is 0. The van der Waals surface area contributed by atoms with Gasteiger partial charge < -0.3 is 15.1 Å². The summed E-state index contributed by atoms with van der Waals surface area (Å²) < 4.78 is 0. The Hall–Kier alpha value is -3.00. The SMILES string of the molecule is Cc1ccc(CN2C(=O)[C@@H]([C@H](C)C(=O)NCCN3CCN(c4cccc(Cl)c4)CC3)Sc3ccccc32)cc1. The number of aryl methyl sites for hydroxylation is 1. The monoisotopic (exact) mass is 562 g/mol. The molecule has 0 spiro atoms. The highest BCUT2D eigenvalue weighted by Crippen LogP contribution is 2.42. The second-order valence-electron chi connectivity index (χ2n) is 10.3. The number of anilines is 2. The predicted molar refractivity (Wildman–Crippen MR) is 161 cm³/mol. The molecule has 0 saturated carbocycles. The molecule has 0 aliphatic carbocycles. The topological polar surface area (TPSA) is 55.9 Å². The van der Waals surface area contributed by atoms with Crippen LogP contribution < -0.4 is 15.1 Å². The van der Waals surface area contributed by atoms with E-state index < -0.39 is 11.2 Å². The van der Waals surface area contributed by atoms with Crippen LogP contribution in [-0.2, 0) is 16.1 Å². The average molecular weight is 563 g/mol. The maximum absolute atomic E-state index is 13.7. The Bertz CT molecular complexity index is 1310. The fourth-order valence-corrected chi connectivity index (χ4v) is 6.60. The Morgan fingerprint density at radius 3 is 2.51 bits per heavy atom. The van der Waals surface area contributed by atoms with E-state index in [-0.39, 0.29) is 11.8 Å². The lowest BCUT2D eigenvalue weighted by Gasteiger charge is -2.37. The van der Waals surface area contributed by atoms with Crippen LogP contribution >= 0.6 is 23.4 Å². The number of hydrogen-bond donors (Lipinski definition) is 1. The number of piperazine rings is 1. The first kappa shape index (κ1) is 27.6. The number of para-hydroxylation sites is 1. The number of amides is 2. The van der Waals surface area contributed by atoms with E-state index in [0.29, 0.717) is 13.1 Å². The van der Waals surface area contributed by atoms with Crippen molar-refractivity contribution in [1.82, 2.24) is 10.2 Å². The lowest BCUT2D eigenvalue weighted by Crippen LogP contribution is -2.50. The van der Waals surface area contributed by atoms with Gasteiger partial charge in [0.15, 0.2) is 0 Å². The van der Waals surface area contributed by atoms with Crippen molar-refractivity contribution in [2.75, 3.05) is 49.1 Å². The third-order valence-corrected chi connectivity index (χ3v) is 9.22. The summed E-state index contributed by atoms with van der Waals surface area (Å²) in [5, 5.41) is 3.38. The van der Waals surface area contributed by atoms with Crippen LogP contribution in [0, 0.1) is 12.8 Å². The van der Waals surface area contributed by atoms with Crippen molar-refractivity contribution in [3.05, 3.63) is 88.9 Å². The van der Waals surface area contributed by atoms with Crippen LogP contribution in [0.5, 0.6) is 0 Å². The number of hydrogen-bond acceptors (Lipinski definition) is 5. The highest BCUT2D eigenvalue weighted by molar-refractivity contribution is 8.01. The summed E-state index contributed by atoms with van der Waals surface area (Å²) in [6.45, 7) is 9.47. The van der Waals surface area contributed by atoms with Crippen molar-refractivity contribution < 1.29 is 9.59 Å². The Morgan fingerprint density at radius 1 is 1.03 bits per heavy atom. The average Bonchev–Trinajstić information content (AvgIpc) is 2.95. The van der Waals surface area contributed by atoms with Gasteiger partial charge in [0.25, 0.3) is 0 Å². The quantitative estimate of drug-likeness (QED) is 0.407. The van der Waals surface area contributed by atoms with Gasteiger partial charge in [0.2, 0.25) is 11.8 Å². The van der Waals surface area contributed by atoms with Crippen molar-refractivity contribution in [3.63, 3.8) is 0 Å². The molecule has 3 aromatic rings. The predicted octanol–water partition coefficient (Wildman–Crippen LogP) is 5.23. The number of benzene rings is 3. The van der Waals surface area contributed by atoms with Crippen LogP contribution in [0.15, 0.2) is 77.7 Å². The molecule has 5 rings (SSSR count). The minimum atomic E-state index is -0.466. The van der Waals surface area contributed by atoms with Gasteiger partial charge in [0.05, 0.1) is 18.2 Å². The molecular weight excluding hydrogens is 528 g/mol. The highest BCUT2D eigenvalue weighted by Gasteiger charge is 2.39. The summed E-state index contributed by atoms with van der Waals surface area (Å²) >= 11 is 7.65. The van der Waals surface area contributed by atoms with Crippen LogP contribution in [0.1, 0.15) is 18.1 Å².